The first-order chi connectivity index (χ1) is 12.7. The molecular weight excluding hydrogens is 471 g/mol. The molecule has 3 rings (SSSR count). The summed E-state index contributed by atoms with van der Waals surface area (Å²) < 4.78 is 1.21. The molecule has 0 bridgehead atoms. The summed E-state index contributed by atoms with van der Waals surface area (Å²) in [6.07, 6.45) is 3.42. The van der Waals surface area contributed by atoms with E-state index in [-0.39, 0.29) is 24.0 Å². The molecule has 0 amide bonds. The van der Waals surface area contributed by atoms with Gasteiger partial charge in [0.25, 0.3) is 0 Å². The number of guanidine groups is 1. The van der Waals surface area contributed by atoms with Crippen LogP contribution in [0.2, 0.25) is 0 Å². The molecule has 1 fully saturated rings. The lowest BCUT2D eigenvalue weighted by Crippen LogP contribution is -2.45. The van der Waals surface area contributed by atoms with Crippen LogP contribution < -0.4 is 10.6 Å². The molecule has 5 nitrogen and oxygen atoms in total. The fourth-order valence-corrected chi connectivity index (χ4v) is 4.54. The molecule has 1 saturated heterocycles. The van der Waals surface area contributed by atoms with E-state index in [9.17, 15) is 5.11 Å². The number of hydrogen-bond donors (Lipinski definition) is 3. The minimum absolute atomic E-state index is 0. The summed E-state index contributed by atoms with van der Waals surface area (Å²) in [5, 5.41) is 18.3. The lowest BCUT2D eigenvalue weighted by Gasteiger charge is -2.33. The number of aliphatic imine (C=N–C) groups is 1. The third kappa shape index (κ3) is 6.30. The van der Waals surface area contributed by atoms with E-state index in [1.165, 1.54) is 35.9 Å². The first-order valence-electron chi connectivity index (χ1n) is 9.52. The van der Waals surface area contributed by atoms with Crippen molar-refractivity contribution >= 4 is 51.4 Å². The topological polar surface area (TPSA) is 59.9 Å². The minimum Gasteiger partial charge on any atom is -0.386 e. The van der Waals surface area contributed by atoms with Crippen molar-refractivity contribution in [3.8, 4) is 0 Å². The Morgan fingerprint density at radius 2 is 2.15 bits per heavy atom. The summed E-state index contributed by atoms with van der Waals surface area (Å²) in [5.74, 6) is 0.745. The molecule has 0 radical (unpaired) electrons. The van der Waals surface area contributed by atoms with Gasteiger partial charge in [0, 0.05) is 42.3 Å². The molecule has 2 aromatic rings. The molecule has 1 aromatic heterocycles. The van der Waals surface area contributed by atoms with E-state index in [1.54, 1.807) is 18.4 Å². The van der Waals surface area contributed by atoms with Crippen molar-refractivity contribution in [1.82, 2.24) is 15.5 Å². The Hall–Kier alpha value is -0.900. The van der Waals surface area contributed by atoms with E-state index in [0.29, 0.717) is 12.6 Å². The Balaban J connectivity index is 0.00000261. The third-order valence-electron chi connectivity index (χ3n) is 5.09. The maximum absolute atomic E-state index is 10.5. The van der Waals surface area contributed by atoms with Crippen molar-refractivity contribution in [2.75, 3.05) is 33.2 Å². The van der Waals surface area contributed by atoms with Gasteiger partial charge in [0.15, 0.2) is 5.96 Å². The van der Waals surface area contributed by atoms with Gasteiger partial charge in [0.05, 0.1) is 0 Å². The maximum Gasteiger partial charge on any atom is 0.191 e. The molecule has 0 aliphatic carbocycles. The van der Waals surface area contributed by atoms with Crippen LogP contribution in [0.3, 0.4) is 0 Å². The van der Waals surface area contributed by atoms with Crippen LogP contribution in [0.25, 0.3) is 10.1 Å². The summed E-state index contributed by atoms with van der Waals surface area (Å²) >= 11 is 1.64. The highest BCUT2D eigenvalue weighted by atomic mass is 127. The molecule has 1 aliphatic heterocycles. The van der Waals surface area contributed by atoms with Crippen molar-refractivity contribution < 1.29 is 5.11 Å². The second-order valence-corrected chi connectivity index (χ2v) is 8.08. The average molecular weight is 502 g/mol. The quantitative estimate of drug-likeness (QED) is 0.321. The van der Waals surface area contributed by atoms with Crippen LogP contribution in [0.4, 0.5) is 0 Å². The Kier molecular flexibility index (Phi) is 9.28. The van der Waals surface area contributed by atoms with Gasteiger partial charge >= 0.3 is 0 Å². The van der Waals surface area contributed by atoms with Gasteiger partial charge in [-0.15, -0.1) is 35.3 Å². The van der Waals surface area contributed by atoms with Crippen molar-refractivity contribution in [3.05, 3.63) is 35.2 Å². The Bertz CT molecular complexity index is 703. The number of rotatable bonds is 6. The molecular formula is C20H31IN4OS. The number of thiophene rings is 1. The molecule has 1 aromatic carbocycles. The molecule has 0 saturated carbocycles. The Morgan fingerprint density at radius 3 is 2.89 bits per heavy atom. The van der Waals surface area contributed by atoms with Gasteiger partial charge in [-0.1, -0.05) is 24.6 Å². The number of aliphatic hydroxyl groups is 1. The van der Waals surface area contributed by atoms with Gasteiger partial charge in [0.1, 0.15) is 6.10 Å². The number of nitrogens with one attached hydrogen (secondary N) is 2. The zero-order chi connectivity index (χ0) is 18.4. The van der Waals surface area contributed by atoms with E-state index in [1.807, 2.05) is 12.1 Å². The van der Waals surface area contributed by atoms with E-state index in [4.69, 9.17) is 0 Å². The standard InChI is InChI=1S/C20H30N4OS.HI/c1-15-7-5-6-11-24(15)12-10-22-20(21-2)23-14-17(25)19-13-16-8-3-4-9-18(16)26-19;/h3-4,8-9,13,15,17,25H,5-7,10-12,14H2,1-2H3,(H2,21,22,23);1H. The van der Waals surface area contributed by atoms with Crippen molar-refractivity contribution in [2.45, 2.75) is 38.3 Å². The van der Waals surface area contributed by atoms with E-state index in [2.05, 4.69) is 45.6 Å². The number of fused-ring (bicyclic) bond motifs is 1. The van der Waals surface area contributed by atoms with Crippen molar-refractivity contribution in [2.24, 2.45) is 4.99 Å². The Morgan fingerprint density at radius 1 is 1.33 bits per heavy atom. The number of aliphatic hydroxyl groups excluding tert-OH is 1. The highest BCUT2D eigenvalue weighted by Gasteiger charge is 2.17. The monoisotopic (exact) mass is 502 g/mol. The molecule has 3 N–H and O–H groups in total. The summed E-state index contributed by atoms with van der Waals surface area (Å²) in [7, 11) is 1.77. The van der Waals surface area contributed by atoms with Crippen LogP contribution in [0.1, 0.15) is 37.2 Å². The largest absolute Gasteiger partial charge is 0.386 e. The number of piperidine rings is 1. The van der Waals surface area contributed by atoms with Gasteiger partial charge in [0.2, 0.25) is 0 Å². The highest BCUT2D eigenvalue weighted by Crippen LogP contribution is 2.29. The van der Waals surface area contributed by atoms with Crippen LogP contribution >= 0.6 is 35.3 Å². The maximum atomic E-state index is 10.5. The minimum atomic E-state index is -0.534. The number of benzene rings is 1. The first kappa shape index (κ1) is 22.4. The second-order valence-electron chi connectivity index (χ2n) is 6.96. The predicted octanol–water partition coefficient (Wildman–Crippen LogP) is 3.59. The zero-order valence-corrected chi connectivity index (χ0v) is 19.3. The van der Waals surface area contributed by atoms with Crippen LogP contribution in [-0.4, -0.2) is 55.2 Å². The first-order valence-corrected chi connectivity index (χ1v) is 10.3. The molecule has 2 unspecified atom stereocenters. The lowest BCUT2D eigenvalue weighted by atomic mass is 10.0. The van der Waals surface area contributed by atoms with Crippen LogP contribution in [0.5, 0.6) is 0 Å². The second kappa shape index (κ2) is 11.2. The number of halogens is 1. The number of nitrogens with zero attached hydrogens (tertiary/aromatic N) is 2. The van der Waals surface area contributed by atoms with Gasteiger partial charge in [-0.05, 0) is 43.8 Å². The fourth-order valence-electron chi connectivity index (χ4n) is 3.49. The molecule has 7 heteroatoms. The third-order valence-corrected chi connectivity index (χ3v) is 6.31. The predicted molar refractivity (Wildman–Crippen MR) is 126 cm³/mol. The molecule has 2 atom stereocenters. The molecule has 2 heterocycles. The summed E-state index contributed by atoms with van der Waals surface area (Å²) in [5.41, 5.74) is 0. The van der Waals surface area contributed by atoms with Gasteiger partial charge in [-0.25, -0.2) is 0 Å². The van der Waals surface area contributed by atoms with Crippen molar-refractivity contribution in [1.29, 1.82) is 0 Å². The SMILES string of the molecule is CN=C(NCCN1CCCCC1C)NCC(O)c1cc2ccccc2s1.I. The average Bonchev–Trinajstić information content (AvgIpc) is 3.10. The lowest BCUT2D eigenvalue weighted by molar-refractivity contribution is 0.163. The molecule has 0 spiro atoms. The van der Waals surface area contributed by atoms with Gasteiger partial charge in [-0.2, -0.15) is 0 Å². The van der Waals surface area contributed by atoms with Gasteiger partial charge in [-0.3, -0.25) is 9.89 Å². The van der Waals surface area contributed by atoms with E-state index in [0.717, 1.165) is 23.9 Å². The summed E-state index contributed by atoms with van der Waals surface area (Å²) in [6, 6.07) is 11.0. The summed E-state index contributed by atoms with van der Waals surface area (Å²) in [6.45, 7) is 5.85. The molecule has 27 heavy (non-hydrogen) atoms. The summed E-state index contributed by atoms with van der Waals surface area (Å²) in [4.78, 5) is 7.79. The highest BCUT2D eigenvalue weighted by molar-refractivity contribution is 14.0. The van der Waals surface area contributed by atoms with Crippen LogP contribution in [0.15, 0.2) is 35.3 Å². The van der Waals surface area contributed by atoms with Crippen LogP contribution in [-0.2, 0) is 0 Å². The zero-order valence-electron chi connectivity index (χ0n) is 16.1. The molecule has 1 aliphatic rings. The van der Waals surface area contributed by atoms with Gasteiger partial charge < -0.3 is 15.7 Å². The fraction of sp³-hybridized carbons (Fsp3) is 0.550. The van der Waals surface area contributed by atoms with E-state index >= 15 is 0 Å². The number of hydrogen-bond acceptors (Lipinski definition) is 4. The molecule has 150 valence electrons. The number of likely N-dealkylation sites (tertiary alicyclic amines) is 1. The van der Waals surface area contributed by atoms with Crippen molar-refractivity contribution in [3.63, 3.8) is 0 Å². The Labute approximate surface area is 183 Å². The van der Waals surface area contributed by atoms with Crippen LogP contribution in [0, 0.1) is 0 Å². The smallest absolute Gasteiger partial charge is 0.191 e. The normalized spacial score (nSPS) is 19.5. The van der Waals surface area contributed by atoms with E-state index < -0.39 is 6.10 Å².